The minimum Gasteiger partial charge on any atom is -0.459 e. The van der Waals surface area contributed by atoms with Crippen molar-refractivity contribution in [2.45, 2.75) is 26.7 Å². The Morgan fingerprint density at radius 2 is 2.00 bits per heavy atom. The van der Waals surface area contributed by atoms with Crippen molar-refractivity contribution in [1.29, 1.82) is 0 Å². The van der Waals surface area contributed by atoms with Gasteiger partial charge < -0.3 is 10.2 Å². The van der Waals surface area contributed by atoms with Crippen LogP contribution >= 0.6 is 0 Å². The van der Waals surface area contributed by atoms with E-state index < -0.39 is 0 Å². The van der Waals surface area contributed by atoms with Gasteiger partial charge in [0.2, 0.25) is 0 Å². The van der Waals surface area contributed by atoms with Crippen molar-refractivity contribution in [1.82, 2.24) is 0 Å². The molecule has 0 amide bonds. The summed E-state index contributed by atoms with van der Waals surface area (Å²) in [5.74, 6) is 1.23. The van der Waals surface area contributed by atoms with E-state index in [2.05, 4.69) is 19.9 Å². The van der Waals surface area contributed by atoms with Crippen LogP contribution in [0.3, 0.4) is 0 Å². The third-order valence-electron chi connectivity index (χ3n) is 2.44. The van der Waals surface area contributed by atoms with Gasteiger partial charge in [0.15, 0.2) is 0 Å². The highest BCUT2D eigenvalue weighted by atomic mass is 16.3. The van der Waals surface area contributed by atoms with Gasteiger partial charge in [0.05, 0.1) is 5.69 Å². The molecule has 0 unspecified atom stereocenters. The lowest BCUT2D eigenvalue weighted by Gasteiger charge is -1.99. The minimum absolute atomic E-state index is 0.336. The van der Waals surface area contributed by atoms with Crippen molar-refractivity contribution < 1.29 is 4.42 Å². The van der Waals surface area contributed by atoms with Crippen molar-refractivity contribution in [2.24, 2.45) is 0 Å². The van der Waals surface area contributed by atoms with Crippen molar-refractivity contribution in [2.75, 3.05) is 5.73 Å². The molecule has 2 nitrogen and oxygen atoms in total. The summed E-state index contributed by atoms with van der Waals surface area (Å²) in [6, 6.07) is 6.10. The fourth-order valence-electron chi connectivity index (χ4n) is 1.67. The van der Waals surface area contributed by atoms with Gasteiger partial charge in [-0.2, -0.15) is 0 Å². The maximum absolute atomic E-state index is 6.00. The molecule has 0 atom stereocenters. The van der Waals surface area contributed by atoms with Crippen LogP contribution < -0.4 is 5.73 Å². The van der Waals surface area contributed by atoms with Crippen LogP contribution in [0.5, 0.6) is 0 Å². The summed E-state index contributed by atoms with van der Waals surface area (Å²) in [6.45, 7) is 6.22. The standard InChI is InChI=1S/C12H15NO/c1-7(2)12-11(13)9-5-4-8(3)6-10(9)14-12/h4-7H,13H2,1-3H3. The molecule has 2 aromatic rings. The van der Waals surface area contributed by atoms with E-state index in [-0.39, 0.29) is 0 Å². The second kappa shape index (κ2) is 3.05. The van der Waals surface area contributed by atoms with Gasteiger partial charge in [-0.1, -0.05) is 19.9 Å². The monoisotopic (exact) mass is 189 g/mol. The van der Waals surface area contributed by atoms with Crippen molar-refractivity contribution in [3.05, 3.63) is 29.5 Å². The Balaban J connectivity index is 2.73. The molecule has 74 valence electrons. The van der Waals surface area contributed by atoms with E-state index in [4.69, 9.17) is 10.2 Å². The molecule has 1 aromatic carbocycles. The Labute approximate surface area is 83.7 Å². The number of hydrogen-bond acceptors (Lipinski definition) is 2. The average molecular weight is 189 g/mol. The SMILES string of the molecule is Cc1ccc2c(N)c(C(C)C)oc2c1. The number of aryl methyl sites for hydroxylation is 1. The van der Waals surface area contributed by atoms with Gasteiger partial charge in [-0.15, -0.1) is 0 Å². The summed E-state index contributed by atoms with van der Waals surface area (Å²) in [5, 5.41) is 1.03. The Morgan fingerprint density at radius 3 is 2.64 bits per heavy atom. The molecule has 2 rings (SSSR count). The fraction of sp³-hybridized carbons (Fsp3) is 0.333. The minimum atomic E-state index is 0.336. The molecule has 0 aliphatic rings. The third-order valence-corrected chi connectivity index (χ3v) is 2.44. The number of anilines is 1. The fourth-order valence-corrected chi connectivity index (χ4v) is 1.67. The van der Waals surface area contributed by atoms with Crippen LogP contribution in [0.25, 0.3) is 11.0 Å². The topological polar surface area (TPSA) is 39.2 Å². The second-order valence-corrected chi connectivity index (χ2v) is 4.03. The molecule has 0 radical (unpaired) electrons. The predicted molar refractivity (Wildman–Crippen MR) is 59.5 cm³/mol. The van der Waals surface area contributed by atoms with E-state index >= 15 is 0 Å². The lowest BCUT2D eigenvalue weighted by Crippen LogP contribution is -1.91. The van der Waals surface area contributed by atoms with Gasteiger partial charge in [-0.3, -0.25) is 0 Å². The maximum atomic E-state index is 6.00. The first-order valence-electron chi connectivity index (χ1n) is 4.88. The Hall–Kier alpha value is -1.44. The molecule has 0 fully saturated rings. The molecule has 2 N–H and O–H groups in total. The van der Waals surface area contributed by atoms with Crippen LogP contribution in [0.2, 0.25) is 0 Å². The van der Waals surface area contributed by atoms with Crippen molar-refractivity contribution >= 4 is 16.7 Å². The molecule has 0 aliphatic heterocycles. The normalized spacial score (nSPS) is 11.4. The van der Waals surface area contributed by atoms with E-state index in [1.807, 2.05) is 19.1 Å². The highest BCUT2D eigenvalue weighted by molar-refractivity contribution is 5.91. The van der Waals surface area contributed by atoms with E-state index in [9.17, 15) is 0 Å². The maximum Gasteiger partial charge on any atom is 0.136 e. The number of nitrogen functional groups attached to an aromatic ring is 1. The first-order valence-corrected chi connectivity index (χ1v) is 4.88. The van der Waals surface area contributed by atoms with E-state index in [1.165, 1.54) is 5.56 Å². The van der Waals surface area contributed by atoms with Crippen molar-refractivity contribution in [3.8, 4) is 0 Å². The average Bonchev–Trinajstić information content (AvgIpc) is 2.43. The summed E-state index contributed by atoms with van der Waals surface area (Å²) in [5.41, 5.74) is 8.87. The smallest absolute Gasteiger partial charge is 0.136 e. The highest BCUT2D eigenvalue weighted by Crippen LogP contribution is 2.33. The van der Waals surface area contributed by atoms with E-state index in [0.717, 1.165) is 22.4 Å². The van der Waals surface area contributed by atoms with Crippen LogP contribution in [-0.2, 0) is 0 Å². The molecule has 1 heterocycles. The van der Waals surface area contributed by atoms with Gasteiger partial charge >= 0.3 is 0 Å². The Morgan fingerprint density at radius 1 is 1.29 bits per heavy atom. The van der Waals surface area contributed by atoms with E-state index in [0.29, 0.717) is 5.92 Å². The molecule has 0 saturated heterocycles. The summed E-state index contributed by atoms with van der Waals surface area (Å²) in [6.07, 6.45) is 0. The lowest BCUT2D eigenvalue weighted by atomic mass is 10.1. The van der Waals surface area contributed by atoms with Gasteiger partial charge in [-0.05, 0) is 24.6 Å². The quantitative estimate of drug-likeness (QED) is 0.746. The number of rotatable bonds is 1. The van der Waals surface area contributed by atoms with Gasteiger partial charge in [0.1, 0.15) is 11.3 Å². The second-order valence-electron chi connectivity index (χ2n) is 4.03. The van der Waals surface area contributed by atoms with Gasteiger partial charge in [0, 0.05) is 11.3 Å². The number of hydrogen-bond donors (Lipinski definition) is 1. The van der Waals surface area contributed by atoms with Gasteiger partial charge in [0.25, 0.3) is 0 Å². The molecule has 0 spiro atoms. The lowest BCUT2D eigenvalue weighted by molar-refractivity contribution is 0.524. The summed E-state index contributed by atoms with van der Waals surface area (Å²) >= 11 is 0. The molecule has 2 heteroatoms. The molecular weight excluding hydrogens is 174 g/mol. The number of benzene rings is 1. The predicted octanol–water partition coefficient (Wildman–Crippen LogP) is 3.45. The Bertz CT molecular complexity index is 468. The van der Waals surface area contributed by atoms with Gasteiger partial charge in [-0.25, -0.2) is 0 Å². The van der Waals surface area contributed by atoms with Crippen LogP contribution in [0, 0.1) is 6.92 Å². The van der Waals surface area contributed by atoms with E-state index in [1.54, 1.807) is 0 Å². The number of furan rings is 1. The highest BCUT2D eigenvalue weighted by Gasteiger charge is 2.13. The summed E-state index contributed by atoms with van der Waals surface area (Å²) < 4.78 is 5.72. The molecule has 0 saturated carbocycles. The first-order chi connectivity index (χ1) is 6.59. The summed E-state index contributed by atoms with van der Waals surface area (Å²) in [4.78, 5) is 0. The molecule has 0 bridgehead atoms. The summed E-state index contributed by atoms with van der Waals surface area (Å²) in [7, 11) is 0. The number of fused-ring (bicyclic) bond motifs is 1. The van der Waals surface area contributed by atoms with Crippen LogP contribution in [0.1, 0.15) is 31.1 Å². The zero-order valence-electron chi connectivity index (χ0n) is 8.79. The third kappa shape index (κ3) is 1.27. The van der Waals surface area contributed by atoms with Crippen molar-refractivity contribution in [3.63, 3.8) is 0 Å². The molecule has 0 aliphatic carbocycles. The largest absolute Gasteiger partial charge is 0.459 e. The van der Waals surface area contributed by atoms with Crippen LogP contribution in [0.15, 0.2) is 22.6 Å². The zero-order chi connectivity index (χ0) is 10.3. The molecule has 14 heavy (non-hydrogen) atoms. The zero-order valence-corrected chi connectivity index (χ0v) is 8.79. The van der Waals surface area contributed by atoms with Crippen LogP contribution in [-0.4, -0.2) is 0 Å². The molecule has 1 aromatic heterocycles. The Kier molecular flexibility index (Phi) is 1.99. The number of nitrogens with two attached hydrogens (primary N) is 1. The first kappa shape index (κ1) is 9.13. The van der Waals surface area contributed by atoms with Crippen LogP contribution in [0.4, 0.5) is 5.69 Å². The molecular formula is C12H15NO.